The number of carbonyl (C=O) groups excluding carboxylic acids is 1. The summed E-state index contributed by atoms with van der Waals surface area (Å²) in [5, 5.41) is 1.94. The summed E-state index contributed by atoms with van der Waals surface area (Å²) in [5.41, 5.74) is 6.26. The first-order valence-electron chi connectivity index (χ1n) is 7.08. The summed E-state index contributed by atoms with van der Waals surface area (Å²) >= 11 is 3.61. The lowest BCUT2D eigenvalue weighted by Crippen LogP contribution is -2.41. The molecule has 0 spiro atoms. The van der Waals surface area contributed by atoms with Gasteiger partial charge in [-0.2, -0.15) is 0 Å². The molecule has 0 fully saturated rings. The fourth-order valence-electron chi connectivity index (χ4n) is 2.86. The maximum absolute atomic E-state index is 11.6. The van der Waals surface area contributed by atoms with Gasteiger partial charge in [-0.3, -0.25) is 15.2 Å². The molecule has 0 aromatic heterocycles. The number of fused-ring (bicyclic) bond motifs is 1. The van der Waals surface area contributed by atoms with Gasteiger partial charge in [-0.1, -0.05) is 34.1 Å². The minimum Gasteiger partial charge on any atom is -0.497 e. The molecule has 2 aromatic rings. The summed E-state index contributed by atoms with van der Waals surface area (Å²) in [4.78, 5) is 11.6. The van der Waals surface area contributed by atoms with Gasteiger partial charge in [-0.05, 0) is 35.4 Å². The summed E-state index contributed by atoms with van der Waals surface area (Å²) in [5.74, 6) is 0.745. The van der Waals surface area contributed by atoms with Gasteiger partial charge in [-0.25, -0.2) is 0 Å². The van der Waals surface area contributed by atoms with Gasteiger partial charge in [-0.15, -0.1) is 0 Å². The Bertz CT molecular complexity index is 718. The SMILES string of the molecule is COc1ccc2c(c1)CC(c1ccccc1Br)N2NC(C)=O. The first kappa shape index (κ1) is 14.9. The van der Waals surface area contributed by atoms with Gasteiger partial charge in [0.25, 0.3) is 0 Å². The monoisotopic (exact) mass is 360 g/mol. The van der Waals surface area contributed by atoms with E-state index in [9.17, 15) is 4.79 Å². The fourth-order valence-corrected chi connectivity index (χ4v) is 3.41. The number of anilines is 1. The maximum Gasteiger partial charge on any atom is 0.235 e. The molecule has 4 nitrogen and oxygen atoms in total. The van der Waals surface area contributed by atoms with Crippen LogP contribution < -0.4 is 15.2 Å². The van der Waals surface area contributed by atoms with Gasteiger partial charge >= 0.3 is 0 Å². The van der Waals surface area contributed by atoms with Crippen LogP contribution in [0.2, 0.25) is 0 Å². The van der Waals surface area contributed by atoms with Crippen LogP contribution in [0.15, 0.2) is 46.9 Å². The van der Waals surface area contributed by atoms with Crippen molar-refractivity contribution in [3.05, 3.63) is 58.1 Å². The number of hydrogen-bond acceptors (Lipinski definition) is 3. The van der Waals surface area contributed by atoms with Crippen LogP contribution in [0.1, 0.15) is 24.1 Å². The van der Waals surface area contributed by atoms with Crippen LogP contribution in [-0.2, 0) is 11.2 Å². The van der Waals surface area contributed by atoms with Gasteiger partial charge in [0, 0.05) is 17.8 Å². The number of hydrogen-bond donors (Lipinski definition) is 1. The van der Waals surface area contributed by atoms with Gasteiger partial charge < -0.3 is 4.74 Å². The largest absolute Gasteiger partial charge is 0.497 e. The Morgan fingerprint density at radius 2 is 2.09 bits per heavy atom. The van der Waals surface area contributed by atoms with Gasteiger partial charge in [0.1, 0.15) is 5.75 Å². The predicted molar refractivity (Wildman–Crippen MR) is 89.9 cm³/mol. The quantitative estimate of drug-likeness (QED) is 0.908. The summed E-state index contributed by atoms with van der Waals surface area (Å²) < 4.78 is 6.34. The van der Waals surface area contributed by atoms with Crippen molar-refractivity contribution in [2.45, 2.75) is 19.4 Å². The molecule has 114 valence electrons. The van der Waals surface area contributed by atoms with Crippen LogP contribution in [0.4, 0.5) is 5.69 Å². The van der Waals surface area contributed by atoms with Crippen molar-refractivity contribution in [2.75, 3.05) is 12.1 Å². The zero-order valence-electron chi connectivity index (χ0n) is 12.5. The number of hydrazine groups is 1. The van der Waals surface area contributed by atoms with Crippen LogP contribution in [0.5, 0.6) is 5.75 Å². The lowest BCUT2D eigenvalue weighted by atomic mass is 10.0. The standard InChI is InChI=1S/C17H17BrN2O2/c1-11(21)19-20-16-8-7-13(22-2)9-12(16)10-17(20)14-5-3-4-6-15(14)18/h3-9,17H,10H2,1-2H3,(H,19,21). The average molecular weight is 361 g/mol. The van der Waals surface area contributed by atoms with E-state index in [-0.39, 0.29) is 11.9 Å². The Morgan fingerprint density at radius 3 is 2.77 bits per heavy atom. The molecule has 1 atom stereocenters. The molecule has 22 heavy (non-hydrogen) atoms. The van der Waals surface area contributed by atoms with Gasteiger partial charge in [0.05, 0.1) is 18.8 Å². The number of nitrogens with one attached hydrogen (secondary N) is 1. The van der Waals surface area contributed by atoms with Crippen molar-refractivity contribution < 1.29 is 9.53 Å². The maximum atomic E-state index is 11.6. The molecular formula is C17H17BrN2O2. The Balaban J connectivity index is 2.04. The highest BCUT2D eigenvalue weighted by atomic mass is 79.9. The zero-order chi connectivity index (χ0) is 15.7. The molecule has 0 aliphatic carbocycles. The molecule has 2 aromatic carbocycles. The third-order valence-corrected chi connectivity index (χ3v) is 4.54. The average Bonchev–Trinajstić information content (AvgIpc) is 2.84. The van der Waals surface area contributed by atoms with Gasteiger partial charge in [0.15, 0.2) is 0 Å². The molecule has 1 aliphatic rings. The predicted octanol–water partition coefficient (Wildman–Crippen LogP) is 3.61. The highest BCUT2D eigenvalue weighted by Gasteiger charge is 2.32. The minimum atomic E-state index is -0.0827. The van der Waals surface area contributed by atoms with Gasteiger partial charge in [0.2, 0.25) is 5.91 Å². The van der Waals surface area contributed by atoms with Crippen LogP contribution in [0.3, 0.4) is 0 Å². The Hall–Kier alpha value is -2.01. The number of amides is 1. The van der Waals surface area contributed by atoms with E-state index < -0.39 is 0 Å². The zero-order valence-corrected chi connectivity index (χ0v) is 14.1. The molecule has 1 N–H and O–H groups in total. The summed E-state index contributed by atoms with van der Waals surface area (Å²) in [6.45, 7) is 1.53. The highest BCUT2D eigenvalue weighted by Crippen LogP contribution is 2.42. The lowest BCUT2D eigenvalue weighted by Gasteiger charge is -2.28. The molecule has 0 radical (unpaired) electrons. The molecule has 0 bridgehead atoms. The molecular weight excluding hydrogens is 344 g/mol. The number of rotatable bonds is 3. The van der Waals surface area contributed by atoms with E-state index in [4.69, 9.17) is 4.74 Å². The Morgan fingerprint density at radius 1 is 1.32 bits per heavy atom. The van der Waals surface area contributed by atoms with Crippen LogP contribution in [0, 0.1) is 0 Å². The van der Waals surface area contributed by atoms with E-state index in [1.165, 1.54) is 6.92 Å². The van der Waals surface area contributed by atoms with Crippen molar-refractivity contribution in [3.63, 3.8) is 0 Å². The number of halogens is 1. The molecule has 0 saturated heterocycles. The Labute approximate surface area is 138 Å². The number of carbonyl (C=O) groups is 1. The summed E-state index contributed by atoms with van der Waals surface area (Å²) in [6.07, 6.45) is 0.815. The molecule has 1 heterocycles. The van der Waals surface area contributed by atoms with E-state index in [0.717, 1.165) is 33.5 Å². The summed E-state index contributed by atoms with van der Waals surface area (Å²) in [7, 11) is 1.66. The molecule has 1 amide bonds. The van der Waals surface area contributed by atoms with Crippen LogP contribution in [-0.4, -0.2) is 13.0 Å². The smallest absolute Gasteiger partial charge is 0.235 e. The van der Waals surface area contributed by atoms with Crippen LogP contribution >= 0.6 is 15.9 Å². The van der Waals surface area contributed by atoms with E-state index in [0.29, 0.717) is 0 Å². The topological polar surface area (TPSA) is 41.6 Å². The van der Waals surface area contributed by atoms with Crippen molar-refractivity contribution in [1.82, 2.24) is 5.43 Å². The first-order chi connectivity index (χ1) is 10.6. The Kier molecular flexibility index (Phi) is 4.07. The molecule has 5 heteroatoms. The molecule has 1 aliphatic heterocycles. The molecule has 3 rings (SSSR count). The molecule has 1 unspecified atom stereocenters. The third kappa shape index (κ3) is 2.68. The number of benzene rings is 2. The van der Waals surface area contributed by atoms with Crippen molar-refractivity contribution in [3.8, 4) is 5.75 Å². The van der Waals surface area contributed by atoms with E-state index in [2.05, 4.69) is 27.4 Å². The van der Waals surface area contributed by atoms with Crippen molar-refractivity contribution in [1.29, 1.82) is 0 Å². The second kappa shape index (κ2) is 6.01. The normalized spacial score (nSPS) is 16.3. The highest BCUT2D eigenvalue weighted by molar-refractivity contribution is 9.10. The van der Waals surface area contributed by atoms with E-state index >= 15 is 0 Å². The van der Waals surface area contributed by atoms with Crippen molar-refractivity contribution >= 4 is 27.5 Å². The second-order valence-corrected chi connectivity index (χ2v) is 6.13. The fraction of sp³-hybridized carbons (Fsp3) is 0.235. The van der Waals surface area contributed by atoms with E-state index in [1.54, 1.807) is 7.11 Å². The van der Waals surface area contributed by atoms with Crippen LogP contribution in [0.25, 0.3) is 0 Å². The number of nitrogens with zero attached hydrogens (tertiary/aromatic N) is 1. The lowest BCUT2D eigenvalue weighted by molar-refractivity contribution is -0.119. The number of methoxy groups -OCH3 is 1. The third-order valence-electron chi connectivity index (χ3n) is 3.81. The number of ether oxygens (including phenoxy) is 1. The first-order valence-corrected chi connectivity index (χ1v) is 7.87. The van der Waals surface area contributed by atoms with E-state index in [1.807, 2.05) is 41.4 Å². The second-order valence-electron chi connectivity index (χ2n) is 5.27. The molecule has 0 saturated carbocycles. The minimum absolute atomic E-state index is 0.0570. The summed E-state index contributed by atoms with van der Waals surface area (Å²) in [6, 6.07) is 14.1. The van der Waals surface area contributed by atoms with Crippen molar-refractivity contribution in [2.24, 2.45) is 0 Å².